The quantitative estimate of drug-likeness (QED) is 0.863. The van der Waals surface area contributed by atoms with Gasteiger partial charge in [0.25, 0.3) is 0 Å². The highest BCUT2D eigenvalue weighted by molar-refractivity contribution is 5.92. The lowest BCUT2D eigenvalue weighted by Crippen LogP contribution is -2.30. The highest BCUT2D eigenvalue weighted by Gasteiger charge is 2.19. The summed E-state index contributed by atoms with van der Waals surface area (Å²) in [5.74, 6) is -0.531. The number of anilines is 1. The Labute approximate surface area is 111 Å². The second kappa shape index (κ2) is 5.65. The number of nitrogens with one attached hydrogen (secondary N) is 1. The minimum Gasteiger partial charge on any atom is -0.480 e. The van der Waals surface area contributed by atoms with Gasteiger partial charge in [-0.1, -0.05) is 13.8 Å². The first-order valence-corrected chi connectivity index (χ1v) is 6.26. The standard InChI is InChI=1S/C14H17N3O2/c1-9(2)7-12(14(18)19)17-11-4-6-16-13-8-15-5-3-10(11)13/h3-6,8-9,12H,7H2,1-2H3,(H,16,17)(H,18,19). The van der Waals surface area contributed by atoms with Crippen LogP contribution in [0.25, 0.3) is 10.9 Å². The predicted molar refractivity (Wildman–Crippen MR) is 74.0 cm³/mol. The van der Waals surface area contributed by atoms with E-state index >= 15 is 0 Å². The predicted octanol–water partition coefficient (Wildman–Crippen LogP) is 2.54. The fraction of sp³-hybridized carbons (Fsp3) is 0.357. The Bertz CT molecular complexity index is 578. The summed E-state index contributed by atoms with van der Waals surface area (Å²) in [6.07, 6.45) is 5.57. The Kier molecular flexibility index (Phi) is 3.94. The third-order valence-corrected chi connectivity index (χ3v) is 2.88. The monoisotopic (exact) mass is 259 g/mol. The summed E-state index contributed by atoms with van der Waals surface area (Å²) in [5, 5.41) is 13.2. The molecule has 19 heavy (non-hydrogen) atoms. The van der Waals surface area contributed by atoms with Crippen LogP contribution in [0.15, 0.2) is 30.7 Å². The Morgan fingerprint density at radius 1 is 1.37 bits per heavy atom. The van der Waals surface area contributed by atoms with Crippen molar-refractivity contribution in [1.82, 2.24) is 9.97 Å². The van der Waals surface area contributed by atoms with Gasteiger partial charge >= 0.3 is 5.97 Å². The molecule has 100 valence electrons. The van der Waals surface area contributed by atoms with Crippen molar-refractivity contribution in [2.24, 2.45) is 5.92 Å². The molecule has 2 aromatic rings. The molecule has 1 unspecified atom stereocenters. The molecule has 0 amide bonds. The molecule has 0 saturated carbocycles. The van der Waals surface area contributed by atoms with Crippen molar-refractivity contribution in [3.05, 3.63) is 30.7 Å². The topological polar surface area (TPSA) is 75.1 Å². The Morgan fingerprint density at radius 2 is 2.16 bits per heavy atom. The van der Waals surface area contributed by atoms with Crippen LogP contribution in [0.5, 0.6) is 0 Å². The molecule has 2 rings (SSSR count). The highest BCUT2D eigenvalue weighted by Crippen LogP contribution is 2.22. The van der Waals surface area contributed by atoms with Crippen molar-refractivity contribution in [3.63, 3.8) is 0 Å². The number of aliphatic carboxylic acids is 1. The summed E-state index contributed by atoms with van der Waals surface area (Å²) in [7, 11) is 0. The molecule has 0 aliphatic carbocycles. The number of aromatic nitrogens is 2. The van der Waals surface area contributed by atoms with Crippen molar-refractivity contribution in [3.8, 4) is 0 Å². The second-order valence-corrected chi connectivity index (χ2v) is 4.92. The van der Waals surface area contributed by atoms with Crippen LogP contribution in [0.4, 0.5) is 5.69 Å². The van der Waals surface area contributed by atoms with E-state index in [0.717, 1.165) is 16.6 Å². The highest BCUT2D eigenvalue weighted by atomic mass is 16.4. The van der Waals surface area contributed by atoms with Crippen molar-refractivity contribution in [2.75, 3.05) is 5.32 Å². The van der Waals surface area contributed by atoms with E-state index in [1.807, 2.05) is 19.9 Å². The Morgan fingerprint density at radius 3 is 2.84 bits per heavy atom. The SMILES string of the molecule is CC(C)CC(Nc1ccnc2cnccc12)C(=O)O. The summed E-state index contributed by atoms with van der Waals surface area (Å²) >= 11 is 0. The second-order valence-electron chi connectivity index (χ2n) is 4.92. The zero-order valence-corrected chi connectivity index (χ0v) is 11.0. The van der Waals surface area contributed by atoms with E-state index in [0.29, 0.717) is 12.3 Å². The summed E-state index contributed by atoms with van der Waals surface area (Å²) in [5.41, 5.74) is 1.53. The van der Waals surface area contributed by atoms with Gasteiger partial charge in [-0.15, -0.1) is 0 Å². The van der Waals surface area contributed by atoms with E-state index in [1.54, 1.807) is 24.7 Å². The number of carbonyl (C=O) groups is 1. The van der Waals surface area contributed by atoms with Crippen LogP contribution >= 0.6 is 0 Å². The number of fused-ring (bicyclic) bond motifs is 1. The lowest BCUT2D eigenvalue weighted by Gasteiger charge is -2.18. The van der Waals surface area contributed by atoms with Gasteiger partial charge in [0.2, 0.25) is 0 Å². The van der Waals surface area contributed by atoms with Crippen LogP contribution in [0.1, 0.15) is 20.3 Å². The molecule has 1 atom stereocenters. The number of carboxylic acid groups (broad SMARTS) is 1. The summed E-state index contributed by atoms with van der Waals surface area (Å²) in [6, 6.07) is 3.02. The van der Waals surface area contributed by atoms with E-state index in [1.165, 1.54) is 0 Å². The minimum atomic E-state index is -0.840. The van der Waals surface area contributed by atoms with Crippen LogP contribution in [-0.4, -0.2) is 27.1 Å². The molecule has 2 aromatic heterocycles. The molecule has 0 spiro atoms. The van der Waals surface area contributed by atoms with Gasteiger partial charge in [-0.2, -0.15) is 0 Å². The van der Waals surface area contributed by atoms with E-state index in [9.17, 15) is 9.90 Å². The third kappa shape index (κ3) is 3.19. The maximum absolute atomic E-state index is 11.3. The van der Waals surface area contributed by atoms with E-state index in [-0.39, 0.29) is 0 Å². The van der Waals surface area contributed by atoms with Gasteiger partial charge in [0.1, 0.15) is 6.04 Å². The Hall–Kier alpha value is -2.17. The number of pyridine rings is 2. The van der Waals surface area contributed by atoms with Gasteiger partial charge in [-0.05, 0) is 24.5 Å². The number of hydrogen-bond donors (Lipinski definition) is 2. The molecule has 0 radical (unpaired) electrons. The van der Waals surface area contributed by atoms with Crippen LogP contribution in [0, 0.1) is 5.92 Å². The zero-order chi connectivity index (χ0) is 13.8. The van der Waals surface area contributed by atoms with E-state index < -0.39 is 12.0 Å². The van der Waals surface area contributed by atoms with Crippen molar-refractivity contribution in [2.45, 2.75) is 26.3 Å². The number of rotatable bonds is 5. The smallest absolute Gasteiger partial charge is 0.326 e. The van der Waals surface area contributed by atoms with Gasteiger partial charge in [-0.25, -0.2) is 4.79 Å². The maximum Gasteiger partial charge on any atom is 0.326 e. The van der Waals surface area contributed by atoms with Crippen LogP contribution in [-0.2, 0) is 4.79 Å². The lowest BCUT2D eigenvalue weighted by molar-refractivity contribution is -0.138. The lowest BCUT2D eigenvalue weighted by atomic mass is 10.0. The first-order chi connectivity index (χ1) is 9.08. The first kappa shape index (κ1) is 13.3. The van der Waals surface area contributed by atoms with E-state index in [2.05, 4.69) is 15.3 Å². The molecular weight excluding hydrogens is 242 g/mol. The summed E-state index contributed by atoms with van der Waals surface area (Å²) < 4.78 is 0. The number of nitrogens with zero attached hydrogens (tertiary/aromatic N) is 2. The molecule has 0 bridgehead atoms. The normalized spacial score (nSPS) is 12.6. The molecule has 0 saturated heterocycles. The van der Waals surface area contributed by atoms with Crippen LogP contribution < -0.4 is 5.32 Å². The molecular formula is C14H17N3O2. The minimum absolute atomic E-state index is 0.309. The maximum atomic E-state index is 11.3. The van der Waals surface area contributed by atoms with Gasteiger partial charge in [0.05, 0.1) is 11.7 Å². The van der Waals surface area contributed by atoms with Gasteiger partial charge < -0.3 is 10.4 Å². The van der Waals surface area contributed by atoms with Crippen molar-refractivity contribution >= 4 is 22.6 Å². The molecule has 2 N–H and O–H groups in total. The average molecular weight is 259 g/mol. The largest absolute Gasteiger partial charge is 0.480 e. The molecule has 2 heterocycles. The molecule has 0 fully saturated rings. The van der Waals surface area contributed by atoms with Gasteiger partial charge in [0, 0.05) is 23.5 Å². The first-order valence-electron chi connectivity index (χ1n) is 6.26. The summed E-state index contributed by atoms with van der Waals surface area (Å²) in [6.45, 7) is 4.01. The molecule has 5 heteroatoms. The number of carboxylic acids is 1. The Balaban J connectivity index is 2.31. The fourth-order valence-corrected chi connectivity index (χ4v) is 2.01. The average Bonchev–Trinajstić information content (AvgIpc) is 2.37. The van der Waals surface area contributed by atoms with Gasteiger partial charge in [-0.3, -0.25) is 9.97 Å². The molecule has 0 aliphatic heterocycles. The third-order valence-electron chi connectivity index (χ3n) is 2.88. The zero-order valence-electron chi connectivity index (χ0n) is 11.0. The van der Waals surface area contributed by atoms with Crippen LogP contribution in [0.3, 0.4) is 0 Å². The van der Waals surface area contributed by atoms with Gasteiger partial charge in [0.15, 0.2) is 0 Å². The van der Waals surface area contributed by atoms with Crippen molar-refractivity contribution in [1.29, 1.82) is 0 Å². The van der Waals surface area contributed by atoms with Crippen LogP contribution in [0.2, 0.25) is 0 Å². The fourth-order valence-electron chi connectivity index (χ4n) is 2.01. The molecule has 5 nitrogen and oxygen atoms in total. The van der Waals surface area contributed by atoms with Crippen molar-refractivity contribution < 1.29 is 9.90 Å². The number of hydrogen-bond acceptors (Lipinski definition) is 4. The van der Waals surface area contributed by atoms with E-state index in [4.69, 9.17) is 0 Å². The molecule has 0 aliphatic rings. The summed E-state index contributed by atoms with van der Waals surface area (Å²) in [4.78, 5) is 19.5. The molecule has 0 aromatic carbocycles.